The topological polar surface area (TPSA) is 70.6 Å². The number of hydrogen-bond acceptors (Lipinski definition) is 3. The lowest BCUT2D eigenvalue weighted by molar-refractivity contribution is 0.235. The lowest BCUT2D eigenvalue weighted by atomic mass is 9.78. The summed E-state index contributed by atoms with van der Waals surface area (Å²) in [4.78, 5) is 4.68. The molecule has 26 heavy (non-hydrogen) atoms. The van der Waals surface area contributed by atoms with Crippen LogP contribution in [0.5, 0.6) is 0 Å². The second kappa shape index (κ2) is 8.89. The number of sulfone groups is 1. The Kier molecular flexibility index (Phi) is 7.09. The van der Waals surface area contributed by atoms with Crippen molar-refractivity contribution in [3.8, 4) is 0 Å². The third kappa shape index (κ3) is 6.01. The van der Waals surface area contributed by atoms with Gasteiger partial charge in [0.25, 0.3) is 0 Å². The van der Waals surface area contributed by atoms with Crippen molar-refractivity contribution in [2.75, 3.05) is 19.8 Å². The highest BCUT2D eigenvalue weighted by Gasteiger charge is 2.34. The molecule has 2 rings (SSSR count). The molecule has 0 aliphatic heterocycles. The Labute approximate surface area is 158 Å². The molecule has 5 nitrogen and oxygen atoms in total. The van der Waals surface area contributed by atoms with Crippen LogP contribution in [0.3, 0.4) is 0 Å². The van der Waals surface area contributed by atoms with Crippen molar-refractivity contribution in [3.05, 3.63) is 29.8 Å². The summed E-state index contributed by atoms with van der Waals surface area (Å²) in [5.41, 5.74) is 1.42. The van der Waals surface area contributed by atoms with Crippen LogP contribution < -0.4 is 10.6 Å². The summed E-state index contributed by atoms with van der Waals surface area (Å²) < 4.78 is 23.1. The van der Waals surface area contributed by atoms with E-state index >= 15 is 0 Å². The molecule has 0 aromatic heterocycles. The molecule has 1 fully saturated rings. The Morgan fingerprint density at radius 3 is 2.27 bits per heavy atom. The molecule has 0 unspecified atom stereocenters. The molecule has 6 heteroatoms. The second-order valence-corrected chi connectivity index (χ2v) is 10.0. The Bertz CT molecular complexity index is 703. The Balaban J connectivity index is 1.89. The van der Waals surface area contributed by atoms with Crippen LogP contribution in [0.25, 0.3) is 0 Å². The molecule has 1 aromatic rings. The maximum atomic E-state index is 11.5. The van der Waals surface area contributed by atoms with Crippen molar-refractivity contribution in [1.29, 1.82) is 0 Å². The number of nitrogens with zero attached hydrogens (tertiary/aromatic N) is 1. The summed E-state index contributed by atoms with van der Waals surface area (Å²) in [6, 6.07) is 6.99. The first-order valence-electron chi connectivity index (χ1n) is 9.48. The molecule has 0 amide bonds. The highest BCUT2D eigenvalue weighted by atomic mass is 32.2. The van der Waals surface area contributed by atoms with E-state index in [0.717, 1.165) is 18.1 Å². The van der Waals surface area contributed by atoms with Gasteiger partial charge in [0.1, 0.15) is 0 Å². The van der Waals surface area contributed by atoms with Crippen LogP contribution in [0.15, 0.2) is 34.2 Å². The first-order valence-corrected chi connectivity index (χ1v) is 11.4. The third-order valence-corrected chi connectivity index (χ3v) is 6.30. The van der Waals surface area contributed by atoms with E-state index in [9.17, 15) is 8.42 Å². The van der Waals surface area contributed by atoms with Crippen molar-refractivity contribution in [2.45, 2.75) is 57.4 Å². The van der Waals surface area contributed by atoms with Crippen LogP contribution in [-0.4, -0.2) is 34.2 Å². The lowest BCUT2D eigenvalue weighted by Gasteiger charge is -2.32. The van der Waals surface area contributed by atoms with Crippen molar-refractivity contribution in [1.82, 2.24) is 10.6 Å². The predicted octanol–water partition coefficient (Wildman–Crippen LogP) is 3.36. The van der Waals surface area contributed by atoms with Gasteiger partial charge in [0.05, 0.1) is 4.90 Å². The molecule has 146 valence electrons. The minimum absolute atomic E-state index is 0.348. The molecular formula is C20H33N3O2S. The fourth-order valence-electron chi connectivity index (χ4n) is 3.98. The quantitative estimate of drug-likeness (QED) is 0.563. The summed E-state index contributed by atoms with van der Waals surface area (Å²) in [6.45, 7) is 6.17. The molecule has 1 aliphatic carbocycles. The Morgan fingerprint density at radius 2 is 1.77 bits per heavy atom. The van der Waals surface area contributed by atoms with E-state index in [1.807, 2.05) is 12.1 Å². The van der Waals surface area contributed by atoms with E-state index in [-0.39, 0.29) is 0 Å². The lowest BCUT2D eigenvalue weighted by Crippen LogP contribution is -2.43. The first-order chi connectivity index (χ1) is 12.2. The molecule has 0 heterocycles. The van der Waals surface area contributed by atoms with Crippen LogP contribution in [0.1, 0.15) is 51.5 Å². The van der Waals surface area contributed by atoms with Gasteiger partial charge in [0.2, 0.25) is 0 Å². The van der Waals surface area contributed by atoms with Gasteiger partial charge in [-0.3, -0.25) is 4.99 Å². The third-order valence-electron chi connectivity index (χ3n) is 5.17. The van der Waals surface area contributed by atoms with Crippen molar-refractivity contribution in [3.63, 3.8) is 0 Å². The van der Waals surface area contributed by atoms with Crippen LogP contribution in [0.2, 0.25) is 0 Å². The van der Waals surface area contributed by atoms with Crippen LogP contribution >= 0.6 is 0 Å². The van der Waals surface area contributed by atoms with Gasteiger partial charge in [-0.15, -0.1) is 0 Å². The molecule has 0 bridgehead atoms. The standard InChI is InChI=1S/C20H33N3O2S/c1-16(2)13-20(11-5-6-12-20)15-23-19(21-3)22-14-17-7-9-18(10-8-17)26(4,24)25/h7-10,16H,5-6,11-15H2,1-4H3,(H2,21,22,23). The van der Waals surface area contributed by atoms with E-state index < -0.39 is 9.84 Å². The first kappa shape index (κ1) is 20.7. The highest BCUT2D eigenvalue weighted by Crippen LogP contribution is 2.42. The zero-order chi connectivity index (χ0) is 19.2. The number of hydrogen-bond donors (Lipinski definition) is 2. The van der Waals surface area contributed by atoms with E-state index in [0.29, 0.717) is 22.8 Å². The van der Waals surface area contributed by atoms with Gasteiger partial charge in [0.15, 0.2) is 15.8 Å². The average molecular weight is 380 g/mol. The van der Waals surface area contributed by atoms with Crippen molar-refractivity contribution < 1.29 is 8.42 Å². The van der Waals surface area contributed by atoms with Gasteiger partial charge >= 0.3 is 0 Å². The normalized spacial score (nSPS) is 17.5. The summed E-state index contributed by atoms with van der Waals surface area (Å²) >= 11 is 0. The van der Waals surface area contributed by atoms with Gasteiger partial charge in [-0.2, -0.15) is 0 Å². The number of guanidine groups is 1. The maximum Gasteiger partial charge on any atom is 0.191 e. The zero-order valence-corrected chi connectivity index (χ0v) is 17.3. The molecule has 1 aromatic carbocycles. The molecule has 0 saturated heterocycles. The van der Waals surface area contributed by atoms with Gasteiger partial charge in [-0.05, 0) is 48.3 Å². The van der Waals surface area contributed by atoms with E-state index in [1.54, 1.807) is 19.2 Å². The predicted molar refractivity (Wildman–Crippen MR) is 108 cm³/mol. The van der Waals surface area contributed by atoms with Gasteiger partial charge in [-0.25, -0.2) is 8.42 Å². The molecule has 0 radical (unpaired) electrons. The molecule has 0 spiro atoms. The number of nitrogens with one attached hydrogen (secondary N) is 2. The highest BCUT2D eigenvalue weighted by molar-refractivity contribution is 7.90. The van der Waals surface area contributed by atoms with E-state index in [1.165, 1.54) is 38.4 Å². The van der Waals surface area contributed by atoms with E-state index in [4.69, 9.17) is 0 Å². The molecule has 0 atom stereocenters. The fourth-order valence-corrected chi connectivity index (χ4v) is 4.61. The summed E-state index contributed by atoms with van der Waals surface area (Å²) in [6.07, 6.45) is 7.72. The Hall–Kier alpha value is -1.56. The van der Waals surface area contributed by atoms with Gasteiger partial charge < -0.3 is 10.6 Å². The average Bonchev–Trinajstić information content (AvgIpc) is 3.02. The SMILES string of the molecule is CN=C(NCc1ccc(S(C)(=O)=O)cc1)NCC1(CC(C)C)CCCC1. The fraction of sp³-hybridized carbons (Fsp3) is 0.650. The van der Waals surface area contributed by atoms with Gasteiger partial charge in [0, 0.05) is 26.4 Å². The minimum Gasteiger partial charge on any atom is -0.356 e. The monoisotopic (exact) mass is 379 g/mol. The second-order valence-electron chi connectivity index (χ2n) is 8.00. The largest absolute Gasteiger partial charge is 0.356 e. The van der Waals surface area contributed by atoms with Gasteiger partial charge in [-0.1, -0.05) is 38.8 Å². The molecular weight excluding hydrogens is 346 g/mol. The van der Waals surface area contributed by atoms with E-state index in [2.05, 4.69) is 29.5 Å². The number of benzene rings is 1. The summed E-state index contributed by atoms with van der Waals surface area (Å²) in [5.74, 6) is 1.51. The minimum atomic E-state index is -3.15. The number of rotatable bonds is 7. The van der Waals surface area contributed by atoms with Crippen LogP contribution in [0.4, 0.5) is 0 Å². The van der Waals surface area contributed by atoms with Crippen LogP contribution in [0, 0.1) is 11.3 Å². The zero-order valence-electron chi connectivity index (χ0n) is 16.5. The Morgan fingerprint density at radius 1 is 1.15 bits per heavy atom. The molecule has 1 saturated carbocycles. The van der Waals surface area contributed by atoms with Crippen molar-refractivity contribution in [2.24, 2.45) is 16.3 Å². The number of aliphatic imine (C=N–C) groups is 1. The summed E-state index contributed by atoms with van der Waals surface area (Å²) in [7, 11) is -1.36. The molecule has 1 aliphatic rings. The maximum absolute atomic E-state index is 11.5. The van der Waals surface area contributed by atoms with Crippen LogP contribution in [-0.2, 0) is 16.4 Å². The summed E-state index contributed by atoms with van der Waals surface area (Å²) in [5, 5.41) is 6.83. The molecule has 2 N–H and O–H groups in total. The smallest absolute Gasteiger partial charge is 0.191 e. The van der Waals surface area contributed by atoms with Crippen molar-refractivity contribution >= 4 is 15.8 Å².